The standard InChI is InChI=1S/C29H34FN7O3S/c30-21-1-2-22-20(3-6-32-22)24(21)26-33-23-17-19(41-25(23)27(34-26)36-11-15-40-16-12-36)18-35-7-9-37(10-8-35)29(28(31)38)4-13-39-14-5-29/h1-3,6,17,32H,4-5,7-16,18H2,(H2,31,38). The second-order valence-electron chi connectivity index (χ2n) is 11.0. The number of piperazine rings is 1. The van der Waals surface area contributed by atoms with Gasteiger partial charge in [0.2, 0.25) is 5.91 Å². The first kappa shape index (κ1) is 26.7. The summed E-state index contributed by atoms with van der Waals surface area (Å²) in [5.74, 6) is 0.656. The Balaban J connectivity index is 1.18. The SMILES string of the molecule is NC(=O)C1(N2CCN(Cc3cc4nc(-c5c(F)ccc6[nH]ccc56)nc(N5CCOCC5)c4s3)CC2)CCOCC1. The van der Waals surface area contributed by atoms with Crippen molar-refractivity contribution < 1.29 is 18.7 Å². The third-order valence-corrected chi connectivity index (χ3v) is 9.86. The monoisotopic (exact) mass is 579 g/mol. The number of hydrogen-bond donors (Lipinski definition) is 2. The highest BCUT2D eigenvalue weighted by molar-refractivity contribution is 7.19. The number of primary amides is 1. The first-order valence-corrected chi connectivity index (χ1v) is 15.1. The van der Waals surface area contributed by atoms with Crippen LogP contribution in [0.25, 0.3) is 32.5 Å². The van der Waals surface area contributed by atoms with E-state index in [-0.39, 0.29) is 11.7 Å². The molecule has 0 bridgehead atoms. The molecule has 0 spiro atoms. The minimum absolute atomic E-state index is 0.240. The second-order valence-corrected chi connectivity index (χ2v) is 12.2. The molecule has 0 radical (unpaired) electrons. The minimum Gasteiger partial charge on any atom is -0.381 e. The number of benzene rings is 1. The number of carbonyl (C=O) groups excluding carboxylic acids is 1. The van der Waals surface area contributed by atoms with Crippen LogP contribution in [0.2, 0.25) is 0 Å². The molecule has 0 saturated carbocycles. The number of morpholine rings is 1. The molecule has 4 aromatic rings. The van der Waals surface area contributed by atoms with Gasteiger partial charge in [0.25, 0.3) is 0 Å². The Hall–Kier alpha value is -3.16. The van der Waals surface area contributed by atoms with Crippen LogP contribution in [-0.2, 0) is 20.8 Å². The summed E-state index contributed by atoms with van der Waals surface area (Å²) in [6, 6.07) is 7.21. The Bertz CT molecular complexity index is 1570. The molecule has 1 amide bonds. The van der Waals surface area contributed by atoms with E-state index in [0.29, 0.717) is 50.7 Å². The van der Waals surface area contributed by atoms with E-state index in [0.717, 1.165) is 72.8 Å². The van der Waals surface area contributed by atoms with Crippen molar-refractivity contribution in [3.8, 4) is 11.4 Å². The molecule has 41 heavy (non-hydrogen) atoms. The van der Waals surface area contributed by atoms with Gasteiger partial charge in [-0.25, -0.2) is 14.4 Å². The molecule has 3 aliphatic rings. The number of nitrogens with one attached hydrogen (secondary N) is 1. The van der Waals surface area contributed by atoms with Gasteiger partial charge in [0.15, 0.2) is 11.6 Å². The molecule has 3 aromatic heterocycles. The van der Waals surface area contributed by atoms with Gasteiger partial charge in [0, 0.05) is 81.0 Å². The van der Waals surface area contributed by atoms with Gasteiger partial charge in [-0.2, -0.15) is 0 Å². The summed E-state index contributed by atoms with van der Waals surface area (Å²) in [5.41, 5.74) is 7.40. The number of fused-ring (bicyclic) bond motifs is 2. The van der Waals surface area contributed by atoms with Gasteiger partial charge in [0.05, 0.1) is 29.0 Å². The number of amides is 1. The van der Waals surface area contributed by atoms with Crippen molar-refractivity contribution in [1.82, 2.24) is 24.8 Å². The number of nitrogens with zero attached hydrogens (tertiary/aromatic N) is 5. The normalized spacial score (nSPS) is 20.7. The van der Waals surface area contributed by atoms with Crippen LogP contribution in [-0.4, -0.2) is 102 Å². The number of anilines is 1. The summed E-state index contributed by atoms with van der Waals surface area (Å²) in [6.07, 6.45) is 3.12. The Morgan fingerprint density at radius 1 is 1.02 bits per heavy atom. The van der Waals surface area contributed by atoms with E-state index in [1.165, 1.54) is 10.9 Å². The van der Waals surface area contributed by atoms with Crippen molar-refractivity contribution in [2.24, 2.45) is 5.73 Å². The molecule has 1 aromatic carbocycles. The third-order valence-electron chi connectivity index (χ3n) is 8.76. The number of nitrogens with two attached hydrogens (primary N) is 1. The summed E-state index contributed by atoms with van der Waals surface area (Å²) in [7, 11) is 0. The molecule has 3 aliphatic heterocycles. The third kappa shape index (κ3) is 4.87. The maximum atomic E-state index is 15.2. The number of rotatable bonds is 6. The molecule has 3 fully saturated rings. The van der Waals surface area contributed by atoms with E-state index in [2.05, 4.69) is 25.8 Å². The zero-order valence-corrected chi connectivity index (χ0v) is 23.7. The lowest BCUT2D eigenvalue weighted by Crippen LogP contribution is -2.64. The van der Waals surface area contributed by atoms with E-state index >= 15 is 4.39 Å². The van der Waals surface area contributed by atoms with Gasteiger partial charge in [-0.3, -0.25) is 14.6 Å². The smallest absolute Gasteiger partial charge is 0.238 e. The van der Waals surface area contributed by atoms with Gasteiger partial charge in [-0.1, -0.05) is 0 Å². The summed E-state index contributed by atoms with van der Waals surface area (Å²) in [6.45, 7) is 7.90. The number of hydrogen-bond acceptors (Lipinski definition) is 9. The molecule has 0 unspecified atom stereocenters. The maximum Gasteiger partial charge on any atom is 0.238 e. The molecule has 7 rings (SSSR count). The summed E-state index contributed by atoms with van der Waals surface area (Å²) < 4.78 is 27.4. The van der Waals surface area contributed by atoms with Gasteiger partial charge in [-0.15, -0.1) is 11.3 Å². The van der Waals surface area contributed by atoms with Crippen LogP contribution in [0, 0.1) is 5.82 Å². The Morgan fingerprint density at radius 2 is 1.78 bits per heavy atom. The maximum absolute atomic E-state index is 15.2. The van der Waals surface area contributed by atoms with Crippen LogP contribution in [0.15, 0.2) is 30.5 Å². The lowest BCUT2D eigenvalue weighted by atomic mass is 9.86. The number of H-pyrrole nitrogens is 1. The van der Waals surface area contributed by atoms with Gasteiger partial charge in [-0.05, 0) is 37.1 Å². The Kier molecular flexibility index (Phi) is 7.11. The quantitative estimate of drug-likeness (QED) is 0.359. The lowest BCUT2D eigenvalue weighted by molar-refractivity contribution is -0.139. The molecular formula is C29H34FN7O3S. The fraction of sp³-hybridized carbons (Fsp3) is 0.483. The average molecular weight is 580 g/mol. The minimum atomic E-state index is -0.599. The Labute approximate surface area is 241 Å². The Morgan fingerprint density at radius 3 is 2.54 bits per heavy atom. The highest BCUT2D eigenvalue weighted by Gasteiger charge is 2.44. The highest BCUT2D eigenvalue weighted by Crippen LogP contribution is 2.37. The molecule has 3 saturated heterocycles. The van der Waals surface area contributed by atoms with E-state index in [4.69, 9.17) is 25.2 Å². The largest absolute Gasteiger partial charge is 0.381 e. The molecule has 0 atom stereocenters. The topological polar surface area (TPSA) is 113 Å². The van der Waals surface area contributed by atoms with Crippen LogP contribution in [0.3, 0.4) is 0 Å². The molecule has 216 valence electrons. The average Bonchev–Trinajstić information content (AvgIpc) is 3.64. The number of carbonyl (C=O) groups is 1. The molecule has 3 N–H and O–H groups in total. The van der Waals surface area contributed by atoms with E-state index < -0.39 is 5.54 Å². The van der Waals surface area contributed by atoms with E-state index in [9.17, 15) is 4.79 Å². The number of aromatic amines is 1. The molecule has 6 heterocycles. The van der Waals surface area contributed by atoms with Crippen molar-refractivity contribution >= 4 is 44.2 Å². The first-order chi connectivity index (χ1) is 20.0. The van der Waals surface area contributed by atoms with Crippen LogP contribution < -0.4 is 10.6 Å². The van der Waals surface area contributed by atoms with Crippen LogP contribution in [0.1, 0.15) is 17.7 Å². The van der Waals surface area contributed by atoms with Crippen LogP contribution >= 0.6 is 11.3 Å². The zero-order valence-electron chi connectivity index (χ0n) is 22.9. The van der Waals surface area contributed by atoms with Crippen LogP contribution in [0.4, 0.5) is 10.2 Å². The van der Waals surface area contributed by atoms with Gasteiger partial charge in [0.1, 0.15) is 11.4 Å². The van der Waals surface area contributed by atoms with E-state index in [1.807, 2.05) is 12.3 Å². The predicted molar refractivity (Wildman–Crippen MR) is 157 cm³/mol. The highest BCUT2D eigenvalue weighted by atomic mass is 32.1. The fourth-order valence-electron chi connectivity index (χ4n) is 6.46. The second kappa shape index (κ2) is 10.9. The van der Waals surface area contributed by atoms with Gasteiger partial charge >= 0.3 is 0 Å². The predicted octanol–water partition coefficient (Wildman–Crippen LogP) is 2.97. The number of aromatic nitrogens is 3. The molecular weight excluding hydrogens is 545 g/mol. The van der Waals surface area contributed by atoms with Crippen molar-refractivity contribution in [3.63, 3.8) is 0 Å². The molecule has 10 nitrogen and oxygen atoms in total. The number of ether oxygens (including phenoxy) is 2. The number of thiophene rings is 1. The molecule has 12 heteroatoms. The summed E-state index contributed by atoms with van der Waals surface area (Å²) in [5, 5.41) is 0.767. The first-order valence-electron chi connectivity index (χ1n) is 14.3. The van der Waals surface area contributed by atoms with Crippen molar-refractivity contribution in [3.05, 3.63) is 41.2 Å². The van der Waals surface area contributed by atoms with Crippen LogP contribution in [0.5, 0.6) is 0 Å². The summed E-state index contributed by atoms with van der Waals surface area (Å²) in [4.78, 5) is 33.6. The van der Waals surface area contributed by atoms with Crippen molar-refractivity contribution in [1.29, 1.82) is 0 Å². The van der Waals surface area contributed by atoms with Crippen molar-refractivity contribution in [2.45, 2.75) is 24.9 Å². The van der Waals surface area contributed by atoms with E-state index in [1.54, 1.807) is 17.4 Å². The van der Waals surface area contributed by atoms with Gasteiger partial charge < -0.3 is 25.1 Å². The fourth-order valence-corrected chi connectivity index (χ4v) is 7.61. The molecule has 0 aliphatic carbocycles. The summed E-state index contributed by atoms with van der Waals surface area (Å²) >= 11 is 1.70. The lowest BCUT2D eigenvalue weighted by Gasteiger charge is -2.47. The van der Waals surface area contributed by atoms with Crippen molar-refractivity contribution in [2.75, 3.05) is 70.6 Å². The zero-order chi connectivity index (χ0) is 28.0. The number of halogens is 1.